The summed E-state index contributed by atoms with van der Waals surface area (Å²) in [5.41, 5.74) is 1.91. The van der Waals surface area contributed by atoms with E-state index in [1.807, 2.05) is 19.9 Å². The Labute approximate surface area is 117 Å². The molecule has 2 aromatic heterocycles. The van der Waals surface area contributed by atoms with E-state index in [2.05, 4.69) is 15.3 Å². The molecule has 104 valence electrons. The van der Waals surface area contributed by atoms with Crippen LogP contribution >= 0.6 is 0 Å². The van der Waals surface area contributed by atoms with Crippen LogP contribution in [0.2, 0.25) is 0 Å². The van der Waals surface area contributed by atoms with Gasteiger partial charge >= 0.3 is 0 Å². The number of nitro groups is 1. The lowest BCUT2D eigenvalue weighted by Crippen LogP contribution is -2.04. The van der Waals surface area contributed by atoms with Gasteiger partial charge in [0.2, 0.25) is 0 Å². The Bertz CT molecular complexity index is 628. The fourth-order valence-corrected chi connectivity index (χ4v) is 1.85. The standard InChI is InChI=1S/C14H16N4O2/c1-3-6-16-13-5-4-12(18(19)20)14(17-13)11-7-10(2)8-15-9-11/h4-5,7-9H,3,6H2,1-2H3,(H,16,17). The number of nitrogens with one attached hydrogen (secondary N) is 1. The molecule has 0 radical (unpaired) electrons. The molecular weight excluding hydrogens is 256 g/mol. The van der Waals surface area contributed by atoms with Gasteiger partial charge < -0.3 is 5.32 Å². The van der Waals surface area contributed by atoms with Gasteiger partial charge in [0.1, 0.15) is 5.82 Å². The normalized spacial score (nSPS) is 10.3. The van der Waals surface area contributed by atoms with Crippen LogP contribution in [0, 0.1) is 17.0 Å². The summed E-state index contributed by atoms with van der Waals surface area (Å²) < 4.78 is 0. The zero-order valence-electron chi connectivity index (χ0n) is 11.5. The quantitative estimate of drug-likeness (QED) is 0.667. The summed E-state index contributed by atoms with van der Waals surface area (Å²) in [5.74, 6) is 0.633. The molecular formula is C14H16N4O2. The van der Waals surface area contributed by atoms with E-state index in [4.69, 9.17) is 0 Å². The third kappa shape index (κ3) is 3.09. The van der Waals surface area contributed by atoms with Crippen molar-refractivity contribution in [3.05, 3.63) is 46.3 Å². The van der Waals surface area contributed by atoms with Crippen molar-refractivity contribution in [2.75, 3.05) is 11.9 Å². The van der Waals surface area contributed by atoms with Gasteiger partial charge in [-0.3, -0.25) is 15.1 Å². The average Bonchev–Trinajstić information content (AvgIpc) is 2.44. The van der Waals surface area contributed by atoms with Crippen molar-refractivity contribution in [1.82, 2.24) is 9.97 Å². The molecule has 0 amide bonds. The highest BCUT2D eigenvalue weighted by molar-refractivity contribution is 5.71. The number of aromatic nitrogens is 2. The second kappa shape index (κ2) is 6.10. The zero-order valence-corrected chi connectivity index (χ0v) is 11.5. The first-order valence-electron chi connectivity index (χ1n) is 6.43. The van der Waals surface area contributed by atoms with E-state index in [0.717, 1.165) is 18.5 Å². The summed E-state index contributed by atoms with van der Waals surface area (Å²) in [4.78, 5) is 19.1. The van der Waals surface area contributed by atoms with E-state index in [1.54, 1.807) is 18.5 Å². The number of hydrogen-bond donors (Lipinski definition) is 1. The van der Waals surface area contributed by atoms with Gasteiger partial charge in [-0.25, -0.2) is 4.98 Å². The van der Waals surface area contributed by atoms with Crippen molar-refractivity contribution in [2.45, 2.75) is 20.3 Å². The second-order valence-corrected chi connectivity index (χ2v) is 4.50. The first kappa shape index (κ1) is 13.9. The maximum atomic E-state index is 11.1. The summed E-state index contributed by atoms with van der Waals surface area (Å²) in [6.07, 6.45) is 4.25. The van der Waals surface area contributed by atoms with E-state index < -0.39 is 4.92 Å². The Morgan fingerprint density at radius 1 is 1.35 bits per heavy atom. The summed E-state index contributed by atoms with van der Waals surface area (Å²) in [6, 6.07) is 4.94. The molecule has 0 aliphatic rings. The molecule has 2 rings (SSSR count). The number of pyridine rings is 2. The molecule has 0 bridgehead atoms. The summed E-state index contributed by atoms with van der Waals surface area (Å²) in [7, 11) is 0. The number of nitrogens with zero attached hydrogens (tertiary/aromatic N) is 3. The van der Waals surface area contributed by atoms with E-state index in [9.17, 15) is 10.1 Å². The molecule has 20 heavy (non-hydrogen) atoms. The Morgan fingerprint density at radius 2 is 2.15 bits per heavy atom. The van der Waals surface area contributed by atoms with Gasteiger partial charge in [0.25, 0.3) is 5.69 Å². The molecule has 0 unspecified atom stereocenters. The third-order valence-electron chi connectivity index (χ3n) is 2.78. The highest BCUT2D eigenvalue weighted by Gasteiger charge is 2.18. The van der Waals surface area contributed by atoms with Crippen LogP contribution in [0.25, 0.3) is 11.3 Å². The highest BCUT2D eigenvalue weighted by Crippen LogP contribution is 2.29. The van der Waals surface area contributed by atoms with Gasteiger partial charge in [0, 0.05) is 30.6 Å². The predicted molar refractivity (Wildman–Crippen MR) is 77.6 cm³/mol. The first-order valence-corrected chi connectivity index (χ1v) is 6.43. The number of anilines is 1. The molecule has 2 heterocycles. The molecule has 2 aromatic rings. The lowest BCUT2D eigenvalue weighted by atomic mass is 10.1. The molecule has 0 spiro atoms. The smallest absolute Gasteiger partial charge is 0.295 e. The van der Waals surface area contributed by atoms with Crippen molar-refractivity contribution in [1.29, 1.82) is 0 Å². The Hall–Kier alpha value is -2.50. The molecule has 0 saturated heterocycles. The minimum Gasteiger partial charge on any atom is -0.370 e. The molecule has 0 saturated carbocycles. The largest absolute Gasteiger partial charge is 0.370 e. The van der Waals surface area contributed by atoms with Crippen molar-refractivity contribution >= 4 is 11.5 Å². The van der Waals surface area contributed by atoms with Crippen LogP contribution < -0.4 is 5.32 Å². The number of rotatable bonds is 5. The number of hydrogen-bond acceptors (Lipinski definition) is 5. The topological polar surface area (TPSA) is 81.0 Å². The average molecular weight is 272 g/mol. The van der Waals surface area contributed by atoms with Crippen molar-refractivity contribution < 1.29 is 4.92 Å². The monoisotopic (exact) mass is 272 g/mol. The molecule has 6 heteroatoms. The van der Waals surface area contributed by atoms with Gasteiger partial charge in [-0.1, -0.05) is 6.92 Å². The van der Waals surface area contributed by atoms with E-state index in [0.29, 0.717) is 17.1 Å². The summed E-state index contributed by atoms with van der Waals surface area (Å²) in [5, 5.41) is 14.3. The van der Waals surface area contributed by atoms with E-state index >= 15 is 0 Å². The van der Waals surface area contributed by atoms with Gasteiger partial charge in [0.05, 0.1) is 4.92 Å². The van der Waals surface area contributed by atoms with Crippen molar-refractivity contribution in [3.8, 4) is 11.3 Å². The van der Waals surface area contributed by atoms with Gasteiger partial charge in [-0.05, 0) is 31.0 Å². The maximum absolute atomic E-state index is 11.1. The fraction of sp³-hybridized carbons (Fsp3) is 0.286. The summed E-state index contributed by atoms with van der Waals surface area (Å²) in [6.45, 7) is 4.71. The first-order chi connectivity index (χ1) is 9.61. The van der Waals surface area contributed by atoms with Crippen LogP contribution in [0.3, 0.4) is 0 Å². The van der Waals surface area contributed by atoms with Crippen molar-refractivity contribution in [2.24, 2.45) is 0 Å². The highest BCUT2D eigenvalue weighted by atomic mass is 16.6. The maximum Gasteiger partial charge on any atom is 0.295 e. The van der Waals surface area contributed by atoms with Gasteiger partial charge in [0.15, 0.2) is 5.69 Å². The van der Waals surface area contributed by atoms with Crippen LogP contribution in [-0.4, -0.2) is 21.4 Å². The molecule has 6 nitrogen and oxygen atoms in total. The van der Waals surface area contributed by atoms with Crippen LogP contribution in [0.15, 0.2) is 30.6 Å². The molecule has 1 N–H and O–H groups in total. The van der Waals surface area contributed by atoms with Gasteiger partial charge in [-0.15, -0.1) is 0 Å². The third-order valence-corrected chi connectivity index (χ3v) is 2.78. The lowest BCUT2D eigenvalue weighted by Gasteiger charge is -2.07. The van der Waals surface area contributed by atoms with Crippen LogP contribution in [0.1, 0.15) is 18.9 Å². The van der Waals surface area contributed by atoms with Crippen LogP contribution in [-0.2, 0) is 0 Å². The lowest BCUT2D eigenvalue weighted by molar-refractivity contribution is -0.384. The Balaban J connectivity index is 2.49. The minimum atomic E-state index is -0.422. The molecule has 0 aromatic carbocycles. The van der Waals surface area contributed by atoms with E-state index in [1.165, 1.54) is 6.07 Å². The SMILES string of the molecule is CCCNc1ccc([N+](=O)[O-])c(-c2cncc(C)c2)n1. The molecule has 0 aliphatic carbocycles. The van der Waals surface area contributed by atoms with Gasteiger partial charge in [-0.2, -0.15) is 0 Å². The Morgan fingerprint density at radius 3 is 2.80 bits per heavy atom. The Kier molecular flexibility index (Phi) is 4.24. The zero-order chi connectivity index (χ0) is 14.5. The predicted octanol–water partition coefficient (Wildman–Crippen LogP) is 3.18. The molecule has 0 aliphatic heterocycles. The molecule has 0 fully saturated rings. The van der Waals surface area contributed by atoms with Crippen molar-refractivity contribution in [3.63, 3.8) is 0 Å². The van der Waals surface area contributed by atoms with Crippen LogP contribution in [0.5, 0.6) is 0 Å². The fourth-order valence-electron chi connectivity index (χ4n) is 1.85. The van der Waals surface area contributed by atoms with E-state index in [-0.39, 0.29) is 5.69 Å². The molecule has 0 atom stereocenters. The number of aryl methyl sites for hydroxylation is 1. The minimum absolute atomic E-state index is 0.0144. The summed E-state index contributed by atoms with van der Waals surface area (Å²) >= 11 is 0. The second-order valence-electron chi connectivity index (χ2n) is 4.50. The van der Waals surface area contributed by atoms with Crippen LogP contribution in [0.4, 0.5) is 11.5 Å².